The highest BCUT2D eigenvalue weighted by Gasteiger charge is 2.16. The molecule has 1 N–H and O–H groups in total. The van der Waals surface area contributed by atoms with Crippen LogP contribution in [-0.2, 0) is 0 Å². The molecule has 0 aliphatic rings. The normalized spacial score (nSPS) is 10.8. The van der Waals surface area contributed by atoms with Crippen LogP contribution in [0, 0.1) is 0 Å². The Morgan fingerprint density at radius 2 is 1.52 bits per heavy atom. The first-order valence-electron chi connectivity index (χ1n) is 7.42. The van der Waals surface area contributed by atoms with E-state index in [1.807, 2.05) is 60.7 Å². The van der Waals surface area contributed by atoms with E-state index in [2.05, 4.69) is 4.98 Å². The maximum Gasteiger partial charge on any atom is 0.344 e. The molecule has 0 bridgehead atoms. The minimum atomic E-state index is -0.356. The average molecular weight is 300 g/mol. The number of nitrogens with one attached hydrogen (secondary N) is 1. The highest BCUT2D eigenvalue weighted by Crippen LogP contribution is 2.21. The summed E-state index contributed by atoms with van der Waals surface area (Å²) in [7, 11) is 0. The molecule has 3 aromatic carbocycles. The molecule has 0 aliphatic heterocycles. The van der Waals surface area contributed by atoms with Crippen LogP contribution in [0.5, 0.6) is 5.75 Å². The number of aromatic nitrogens is 1. The third-order valence-corrected chi connectivity index (χ3v) is 3.81. The van der Waals surface area contributed by atoms with Crippen LogP contribution in [-0.4, -0.2) is 5.97 Å². The number of H-pyrrole nitrogens is 1. The highest BCUT2D eigenvalue weighted by molar-refractivity contribution is 6.05. The molecule has 3 heteroatoms. The molecule has 0 saturated heterocycles. The lowest BCUT2D eigenvalue weighted by Gasteiger charge is -2.06. The van der Waals surface area contributed by atoms with Crippen LogP contribution in [0.25, 0.3) is 21.8 Å². The Hall–Kier alpha value is -3.20. The fourth-order valence-corrected chi connectivity index (χ4v) is 2.70. The van der Waals surface area contributed by atoms with E-state index in [-0.39, 0.29) is 5.97 Å². The van der Waals surface area contributed by atoms with Gasteiger partial charge in [0.05, 0.1) is 10.9 Å². The van der Waals surface area contributed by atoms with Crippen molar-refractivity contribution < 1.29 is 14.5 Å². The Morgan fingerprint density at radius 1 is 0.783 bits per heavy atom. The van der Waals surface area contributed by atoms with Gasteiger partial charge in [-0.25, -0.2) is 9.78 Å². The third kappa shape index (κ3) is 2.53. The summed E-state index contributed by atoms with van der Waals surface area (Å²) >= 11 is 0. The number of esters is 1. The summed E-state index contributed by atoms with van der Waals surface area (Å²) in [4.78, 5) is 15.9. The quantitative estimate of drug-likeness (QED) is 0.318. The lowest BCUT2D eigenvalue weighted by Crippen LogP contribution is -2.12. The first kappa shape index (κ1) is 13.5. The summed E-state index contributed by atoms with van der Waals surface area (Å²) in [6.07, 6.45) is 0. The molecular formula is C20H14NO2+. The van der Waals surface area contributed by atoms with Gasteiger partial charge in [-0.2, -0.15) is 0 Å². The van der Waals surface area contributed by atoms with Gasteiger partial charge in [0.2, 0.25) is 11.0 Å². The van der Waals surface area contributed by atoms with Crippen LogP contribution < -0.4 is 9.72 Å². The first-order valence-corrected chi connectivity index (χ1v) is 7.42. The van der Waals surface area contributed by atoms with E-state index in [1.54, 1.807) is 18.2 Å². The third-order valence-electron chi connectivity index (χ3n) is 3.81. The second-order valence-electron chi connectivity index (χ2n) is 5.33. The predicted octanol–water partition coefficient (Wildman–Crippen LogP) is 4.03. The standard InChI is InChI=1S/C20H13NO2/c22-20(23-15-8-2-1-3-9-15)16-10-6-12-19-17(16)13-14-7-4-5-11-18(14)21-19/h1-13H/p+1. The van der Waals surface area contributed by atoms with Crippen LogP contribution in [0.4, 0.5) is 0 Å². The molecule has 0 amide bonds. The summed E-state index contributed by atoms with van der Waals surface area (Å²) in [5, 5.41) is 1.91. The van der Waals surface area contributed by atoms with Crippen molar-refractivity contribution in [2.75, 3.05) is 0 Å². The van der Waals surface area contributed by atoms with Crippen molar-refractivity contribution in [2.24, 2.45) is 0 Å². The van der Waals surface area contributed by atoms with Crippen molar-refractivity contribution >= 4 is 27.8 Å². The number of fused-ring (bicyclic) bond motifs is 2. The zero-order valence-electron chi connectivity index (χ0n) is 12.3. The van der Waals surface area contributed by atoms with Crippen molar-refractivity contribution in [1.82, 2.24) is 0 Å². The minimum Gasteiger partial charge on any atom is -0.423 e. The van der Waals surface area contributed by atoms with Crippen LogP contribution >= 0.6 is 0 Å². The van der Waals surface area contributed by atoms with E-state index in [1.165, 1.54) is 0 Å². The van der Waals surface area contributed by atoms with Crippen molar-refractivity contribution in [1.29, 1.82) is 0 Å². The number of carbonyl (C=O) groups is 1. The second-order valence-corrected chi connectivity index (χ2v) is 5.33. The molecular weight excluding hydrogens is 286 g/mol. The maximum atomic E-state index is 12.5. The number of pyridine rings is 1. The lowest BCUT2D eigenvalue weighted by atomic mass is 10.1. The van der Waals surface area contributed by atoms with Gasteiger partial charge < -0.3 is 4.74 Å². The number of benzene rings is 3. The number of hydrogen-bond donors (Lipinski definition) is 0. The van der Waals surface area contributed by atoms with E-state index < -0.39 is 0 Å². The van der Waals surface area contributed by atoms with Crippen LogP contribution in [0.15, 0.2) is 78.9 Å². The fourth-order valence-electron chi connectivity index (χ4n) is 2.70. The molecule has 23 heavy (non-hydrogen) atoms. The Morgan fingerprint density at radius 3 is 2.39 bits per heavy atom. The topological polar surface area (TPSA) is 40.4 Å². The number of ether oxygens (including phenoxy) is 1. The molecule has 0 saturated carbocycles. The van der Waals surface area contributed by atoms with Gasteiger partial charge in [0, 0.05) is 17.5 Å². The smallest absolute Gasteiger partial charge is 0.344 e. The number of carbonyl (C=O) groups excluding carboxylic acids is 1. The van der Waals surface area contributed by atoms with Gasteiger partial charge in [-0.05, 0) is 30.3 Å². The van der Waals surface area contributed by atoms with E-state index in [4.69, 9.17) is 4.74 Å². The summed E-state index contributed by atoms with van der Waals surface area (Å²) in [6, 6.07) is 24.7. The van der Waals surface area contributed by atoms with Crippen molar-refractivity contribution in [3.8, 4) is 5.75 Å². The van der Waals surface area contributed by atoms with Gasteiger partial charge in [-0.1, -0.05) is 36.4 Å². The number of rotatable bonds is 2. The molecule has 4 rings (SSSR count). The number of aromatic amines is 1. The summed E-state index contributed by atoms with van der Waals surface area (Å²) in [6.45, 7) is 0. The largest absolute Gasteiger partial charge is 0.423 e. The molecule has 1 heterocycles. The number of hydrogen-bond acceptors (Lipinski definition) is 2. The van der Waals surface area contributed by atoms with E-state index in [0.29, 0.717) is 11.3 Å². The highest BCUT2D eigenvalue weighted by atomic mass is 16.5. The fraction of sp³-hybridized carbons (Fsp3) is 0. The lowest BCUT2D eigenvalue weighted by molar-refractivity contribution is -0.310. The maximum absolute atomic E-state index is 12.5. The monoisotopic (exact) mass is 300 g/mol. The Balaban J connectivity index is 1.83. The van der Waals surface area contributed by atoms with Gasteiger partial charge >= 0.3 is 5.97 Å². The van der Waals surface area contributed by atoms with E-state index in [9.17, 15) is 4.79 Å². The molecule has 4 aromatic rings. The molecule has 0 unspecified atom stereocenters. The van der Waals surface area contributed by atoms with Gasteiger partial charge in [-0.3, -0.25) is 0 Å². The molecule has 110 valence electrons. The Bertz CT molecular complexity index is 1010. The first-order chi connectivity index (χ1) is 11.3. The van der Waals surface area contributed by atoms with Crippen LogP contribution in [0.1, 0.15) is 10.4 Å². The van der Waals surface area contributed by atoms with Gasteiger partial charge in [0.15, 0.2) is 0 Å². The van der Waals surface area contributed by atoms with Crippen molar-refractivity contribution in [2.45, 2.75) is 0 Å². The summed E-state index contributed by atoms with van der Waals surface area (Å²) in [5.41, 5.74) is 2.49. The summed E-state index contributed by atoms with van der Waals surface area (Å²) < 4.78 is 5.47. The zero-order valence-corrected chi connectivity index (χ0v) is 12.3. The van der Waals surface area contributed by atoms with Gasteiger partial charge in [0.25, 0.3) is 0 Å². The van der Waals surface area contributed by atoms with E-state index >= 15 is 0 Å². The zero-order chi connectivity index (χ0) is 15.6. The molecule has 0 radical (unpaired) electrons. The molecule has 1 aromatic heterocycles. The van der Waals surface area contributed by atoms with E-state index in [0.717, 1.165) is 21.8 Å². The number of para-hydroxylation sites is 2. The van der Waals surface area contributed by atoms with Crippen molar-refractivity contribution in [3.63, 3.8) is 0 Å². The molecule has 0 aliphatic carbocycles. The van der Waals surface area contributed by atoms with Crippen molar-refractivity contribution in [3.05, 3.63) is 84.4 Å². The Kier molecular flexibility index (Phi) is 3.24. The summed E-state index contributed by atoms with van der Waals surface area (Å²) in [5.74, 6) is 0.185. The van der Waals surface area contributed by atoms with Gasteiger partial charge in [-0.15, -0.1) is 0 Å². The molecule has 0 fully saturated rings. The molecule has 0 atom stereocenters. The molecule has 3 nitrogen and oxygen atoms in total. The average Bonchev–Trinajstić information content (AvgIpc) is 2.60. The SMILES string of the molecule is O=C(Oc1ccccc1)c1cccc2[nH+]c3ccccc3cc12. The minimum absolute atomic E-state index is 0.356. The van der Waals surface area contributed by atoms with Gasteiger partial charge in [0.1, 0.15) is 5.75 Å². The second kappa shape index (κ2) is 5.54. The van der Waals surface area contributed by atoms with Crippen LogP contribution in [0.3, 0.4) is 0 Å². The van der Waals surface area contributed by atoms with Crippen LogP contribution in [0.2, 0.25) is 0 Å². The Labute approximate surface area is 133 Å². The molecule has 0 spiro atoms. The predicted molar refractivity (Wildman–Crippen MR) is 89.4 cm³/mol.